The minimum absolute atomic E-state index is 0.0661. The zero-order valence-corrected chi connectivity index (χ0v) is 12.7. The van der Waals surface area contributed by atoms with Gasteiger partial charge in [0.25, 0.3) is 9.05 Å². The van der Waals surface area contributed by atoms with Gasteiger partial charge in [0.15, 0.2) is 9.84 Å². The minimum atomic E-state index is -3.92. The molecule has 0 fully saturated rings. The van der Waals surface area contributed by atoms with Crippen LogP contribution in [0.5, 0.6) is 0 Å². The lowest BCUT2D eigenvalue weighted by atomic mass is 10.3. The van der Waals surface area contributed by atoms with Gasteiger partial charge in [0.1, 0.15) is 5.75 Å². The van der Waals surface area contributed by atoms with E-state index in [0.717, 1.165) is 18.4 Å². The maximum absolute atomic E-state index is 11.4. The van der Waals surface area contributed by atoms with E-state index in [1.165, 1.54) is 6.07 Å². The summed E-state index contributed by atoms with van der Waals surface area (Å²) in [5.74, 6) is -1.47. The number of hydrogen-bond acceptors (Lipinski definition) is 5. The highest BCUT2D eigenvalue weighted by molar-refractivity contribution is 8.13. The smallest absolute Gasteiger partial charge is 0.261 e. The molecule has 1 aromatic carbocycles. The average Bonchev–Trinajstić information content (AvgIpc) is 2.16. The van der Waals surface area contributed by atoms with Crippen LogP contribution in [0.25, 0.3) is 0 Å². The zero-order valence-electron chi connectivity index (χ0n) is 9.55. The van der Waals surface area contributed by atoms with Crippen molar-refractivity contribution in [2.45, 2.75) is 4.90 Å². The molecule has 106 valence electrons. The van der Waals surface area contributed by atoms with Crippen molar-refractivity contribution in [2.24, 2.45) is 0 Å². The van der Waals surface area contributed by atoms with Crippen molar-refractivity contribution in [1.29, 1.82) is 0 Å². The second-order valence-electron chi connectivity index (χ2n) is 3.70. The Morgan fingerprint density at radius 3 is 2.26 bits per heavy atom. The summed E-state index contributed by atoms with van der Waals surface area (Å²) in [5.41, 5.74) is 0.0967. The number of carbonyl (C=O) groups is 1. The number of sulfone groups is 1. The minimum Gasteiger partial charge on any atom is -0.324 e. The van der Waals surface area contributed by atoms with Crippen molar-refractivity contribution in [2.75, 3.05) is 17.3 Å². The summed E-state index contributed by atoms with van der Waals surface area (Å²) in [6, 6.07) is 3.42. The van der Waals surface area contributed by atoms with Crippen molar-refractivity contribution in [3.05, 3.63) is 23.2 Å². The summed E-state index contributed by atoms with van der Waals surface area (Å²) in [6.45, 7) is 0. The molecule has 0 unspecified atom stereocenters. The molecule has 1 amide bonds. The number of rotatable bonds is 4. The molecule has 0 aliphatic heterocycles. The molecule has 0 aliphatic rings. The number of nitrogens with one attached hydrogen (secondary N) is 1. The summed E-state index contributed by atoms with van der Waals surface area (Å²) >= 11 is 5.76. The number of carbonyl (C=O) groups excluding carboxylic acids is 1. The first-order valence-electron chi connectivity index (χ1n) is 4.71. The molecule has 6 nitrogen and oxygen atoms in total. The summed E-state index contributed by atoms with van der Waals surface area (Å²) in [6.07, 6.45) is 0.914. The normalized spacial score (nSPS) is 12.2. The number of halogens is 2. The summed E-state index contributed by atoms with van der Waals surface area (Å²) in [7, 11) is -2.26. The predicted molar refractivity (Wildman–Crippen MR) is 72.8 cm³/mol. The molecule has 1 N–H and O–H groups in total. The van der Waals surface area contributed by atoms with Crippen molar-refractivity contribution in [1.82, 2.24) is 0 Å². The highest BCUT2D eigenvalue weighted by Gasteiger charge is 2.15. The molecule has 0 bridgehead atoms. The van der Waals surface area contributed by atoms with Crippen LogP contribution < -0.4 is 5.32 Å². The maximum atomic E-state index is 11.4. The highest BCUT2D eigenvalue weighted by Crippen LogP contribution is 2.26. The van der Waals surface area contributed by atoms with E-state index in [0.29, 0.717) is 0 Å². The van der Waals surface area contributed by atoms with Gasteiger partial charge in [0.05, 0.1) is 15.6 Å². The first-order valence-corrected chi connectivity index (χ1v) is 9.45. The Kier molecular flexibility index (Phi) is 4.83. The van der Waals surface area contributed by atoms with E-state index in [2.05, 4.69) is 5.32 Å². The molecule has 0 spiro atoms. The first kappa shape index (κ1) is 16.2. The van der Waals surface area contributed by atoms with Crippen LogP contribution in [0.3, 0.4) is 0 Å². The fourth-order valence-electron chi connectivity index (χ4n) is 1.17. The van der Waals surface area contributed by atoms with E-state index in [4.69, 9.17) is 22.3 Å². The molecule has 0 saturated heterocycles. The number of anilines is 1. The second-order valence-corrected chi connectivity index (χ2v) is 8.81. The lowest BCUT2D eigenvalue weighted by Crippen LogP contribution is -2.22. The van der Waals surface area contributed by atoms with Crippen LogP contribution in [-0.2, 0) is 23.7 Å². The molecular formula is C9H9Cl2NO5S2. The van der Waals surface area contributed by atoms with E-state index < -0.39 is 30.5 Å². The van der Waals surface area contributed by atoms with Gasteiger partial charge in [-0.15, -0.1) is 0 Å². The van der Waals surface area contributed by atoms with Gasteiger partial charge in [-0.25, -0.2) is 16.8 Å². The van der Waals surface area contributed by atoms with E-state index in [-0.39, 0.29) is 15.6 Å². The molecule has 0 heterocycles. The monoisotopic (exact) mass is 345 g/mol. The van der Waals surface area contributed by atoms with E-state index in [1.807, 2.05) is 0 Å². The highest BCUT2D eigenvalue weighted by atomic mass is 35.7. The maximum Gasteiger partial charge on any atom is 0.261 e. The molecule has 1 rings (SSSR count). The summed E-state index contributed by atoms with van der Waals surface area (Å²) < 4.78 is 43.9. The van der Waals surface area contributed by atoms with Gasteiger partial charge in [0.2, 0.25) is 5.91 Å². The molecule has 10 heteroatoms. The van der Waals surface area contributed by atoms with Crippen molar-refractivity contribution in [3.8, 4) is 0 Å². The standard InChI is InChI=1S/C9H9Cl2NO5S2/c1-18(14,15)5-9(13)12-8-3-2-6(4-7(8)10)19(11,16)17/h2-4H,5H2,1H3,(H,12,13). The Morgan fingerprint density at radius 1 is 1.26 bits per heavy atom. The van der Waals surface area contributed by atoms with Crippen LogP contribution in [-0.4, -0.2) is 34.8 Å². The predicted octanol–water partition coefficient (Wildman–Crippen LogP) is 1.25. The third-order valence-electron chi connectivity index (χ3n) is 1.89. The Morgan fingerprint density at radius 2 is 1.84 bits per heavy atom. The van der Waals surface area contributed by atoms with Gasteiger partial charge in [-0.3, -0.25) is 4.79 Å². The quantitative estimate of drug-likeness (QED) is 0.828. The Balaban J connectivity index is 2.96. The Hall–Kier alpha value is -0.830. The van der Waals surface area contributed by atoms with Gasteiger partial charge in [-0.2, -0.15) is 0 Å². The van der Waals surface area contributed by atoms with E-state index >= 15 is 0 Å². The van der Waals surface area contributed by atoms with Crippen LogP contribution in [0.4, 0.5) is 5.69 Å². The molecule has 19 heavy (non-hydrogen) atoms. The third-order valence-corrected chi connectivity index (χ3v) is 4.34. The Labute approximate surface area is 120 Å². The van der Waals surface area contributed by atoms with Crippen LogP contribution in [0.2, 0.25) is 5.02 Å². The van der Waals surface area contributed by atoms with Crippen LogP contribution in [0.15, 0.2) is 23.1 Å². The molecule has 1 aromatic rings. The zero-order chi connectivity index (χ0) is 14.8. The second kappa shape index (κ2) is 5.66. The molecule has 0 saturated carbocycles. The fraction of sp³-hybridized carbons (Fsp3) is 0.222. The lowest BCUT2D eigenvalue weighted by Gasteiger charge is -2.07. The van der Waals surface area contributed by atoms with E-state index in [9.17, 15) is 21.6 Å². The van der Waals surface area contributed by atoms with E-state index in [1.54, 1.807) is 0 Å². The number of benzene rings is 1. The number of hydrogen-bond donors (Lipinski definition) is 1. The van der Waals surface area contributed by atoms with Gasteiger partial charge < -0.3 is 5.32 Å². The van der Waals surface area contributed by atoms with Gasteiger partial charge in [0, 0.05) is 16.9 Å². The average molecular weight is 346 g/mol. The summed E-state index contributed by atoms with van der Waals surface area (Å²) in [5, 5.41) is 2.19. The first-order chi connectivity index (χ1) is 8.49. The molecular weight excluding hydrogens is 337 g/mol. The Bertz CT molecular complexity index is 712. The molecule has 0 aromatic heterocycles. The largest absolute Gasteiger partial charge is 0.324 e. The lowest BCUT2D eigenvalue weighted by molar-refractivity contribution is -0.113. The van der Waals surface area contributed by atoms with Crippen molar-refractivity contribution >= 4 is 52.8 Å². The van der Waals surface area contributed by atoms with Crippen molar-refractivity contribution in [3.63, 3.8) is 0 Å². The van der Waals surface area contributed by atoms with Gasteiger partial charge >= 0.3 is 0 Å². The topological polar surface area (TPSA) is 97.4 Å². The molecule has 0 aliphatic carbocycles. The van der Waals surface area contributed by atoms with Gasteiger partial charge in [-0.1, -0.05) is 11.6 Å². The van der Waals surface area contributed by atoms with Crippen LogP contribution in [0.1, 0.15) is 0 Å². The van der Waals surface area contributed by atoms with Crippen molar-refractivity contribution < 1.29 is 21.6 Å². The number of amides is 1. The SMILES string of the molecule is CS(=O)(=O)CC(=O)Nc1ccc(S(=O)(=O)Cl)cc1Cl. The molecule has 0 radical (unpaired) electrons. The third kappa shape index (κ3) is 5.35. The van der Waals surface area contributed by atoms with Crippen LogP contribution in [0, 0.1) is 0 Å². The summed E-state index contributed by atoms with van der Waals surface area (Å²) in [4.78, 5) is 11.1. The van der Waals surface area contributed by atoms with Crippen LogP contribution >= 0.6 is 22.3 Å². The fourth-order valence-corrected chi connectivity index (χ4v) is 2.79. The van der Waals surface area contributed by atoms with Gasteiger partial charge in [-0.05, 0) is 18.2 Å². The molecule has 0 atom stereocenters.